The molecule has 0 aliphatic carbocycles. The number of aromatic nitrogens is 2. The van der Waals surface area contributed by atoms with Crippen LogP contribution < -0.4 is 0 Å². The first-order valence-electron chi connectivity index (χ1n) is 4.81. The Hall–Kier alpha value is -0.580. The lowest BCUT2D eigenvalue weighted by Gasteiger charge is -2.04. The lowest BCUT2D eigenvalue weighted by Crippen LogP contribution is -1.91. The van der Waals surface area contributed by atoms with Gasteiger partial charge in [-0.05, 0) is 11.8 Å². The van der Waals surface area contributed by atoms with E-state index in [9.17, 15) is 0 Å². The number of halogens is 1. The van der Waals surface area contributed by atoms with Gasteiger partial charge in [0.05, 0.1) is 0 Å². The molecule has 84 valence electrons. The summed E-state index contributed by atoms with van der Waals surface area (Å²) >= 11 is 9.67. The molecule has 2 rings (SSSR count). The van der Waals surface area contributed by atoms with Crippen LogP contribution in [0.3, 0.4) is 0 Å². The van der Waals surface area contributed by atoms with Crippen molar-refractivity contribution in [1.29, 1.82) is 0 Å². The van der Waals surface area contributed by atoms with Crippen LogP contribution in [-0.4, -0.2) is 16.5 Å². The molecule has 2 aromatic rings. The number of alkyl halides is 1. The first kappa shape index (κ1) is 11.9. The maximum absolute atomic E-state index is 6.35. The van der Waals surface area contributed by atoms with Gasteiger partial charge in [-0.15, -0.1) is 21.8 Å². The van der Waals surface area contributed by atoms with E-state index in [4.69, 9.17) is 11.6 Å². The molecular weight excluding hydrogens is 260 g/mol. The summed E-state index contributed by atoms with van der Waals surface area (Å²) in [6.07, 6.45) is 2.05. The van der Waals surface area contributed by atoms with E-state index >= 15 is 0 Å². The number of thioether (sulfide) groups is 1. The van der Waals surface area contributed by atoms with E-state index in [0.29, 0.717) is 0 Å². The Balaban J connectivity index is 2.17. The zero-order valence-corrected chi connectivity index (χ0v) is 11.1. The smallest absolute Gasteiger partial charge is 0.139 e. The molecule has 0 saturated carbocycles. The minimum Gasteiger partial charge on any atom is -0.158 e. The fourth-order valence-electron chi connectivity index (χ4n) is 1.32. The van der Waals surface area contributed by atoms with Gasteiger partial charge in [-0.1, -0.05) is 41.7 Å². The number of hydrogen-bond donors (Lipinski definition) is 0. The average molecular weight is 271 g/mol. The van der Waals surface area contributed by atoms with Crippen molar-refractivity contribution in [2.45, 2.75) is 11.1 Å². The Labute approximate surface area is 108 Å². The van der Waals surface area contributed by atoms with Crippen molar-refractivity contribution in [2.24, 2.45) is 0 Å². The van der Waals surface area contributed by atoms with E-state index in [0.717, 1.165) is 21.3 Å². The van der Waals surface area contributed by atoms with Gasteiger partial charge in [0.2, 0.25) is 0 Å². The molecule has 0 saturated heterocycles. The van der Waals surface area contributed by atoms with Crippen molar-refractivity contribution in [2.75, 3.05) is 6.26 Å². The highest BCUT2D eigenvalue weighted by atomic mass is 35.5. The van der Waals surface area contributed by atoms with E-state index in [-0.39, 0.29) is 5.38 Å². The molecular formula is C11H11ClN2S2. The van der Waals surface area contributed by atoms with Gasteiger partial charge in [0.15, 0.2) is 0 Å². The van der Waals surface area contributed by atoms with Crippen LogP contribution in [0.25, 0.3) is 0 Å². The van der Waals surface area contributed by atoms with E-state index in [1.165, 1.54) is 0 Å². The van der Waals surface area contributed by atoms with Gasteiger partial charge in [0, 0.05) is 5.75 Å². The minimum atomic E-state index is -0.186. The summed E-state index contributed by atoms with van der Waals surface area (Å²) in [6, 6.07) is 9.95. The summed E-state index contributed by atoms with van der Waals surface area (Å²) in [5, 5.41) is 9.97. The molecule has 16 heavy (non-hydrogen) atoms. The van der Waals surface area contributed by atoms with E-state index in [1.807, 2.05) is 30.3 Å². The average Bonchev–Trinajstić information content (AvgIpc) is 2.78. The molecule has 0 fully saturated rings. The van der Waals surface area contributed by atoms with Crippen molar-refractivity contribution in [1.82, 2.24) is 10.2 Å². The summed E-state index contributed by atoms with van der Waals surface area (Å²) in [7, 11) is 0. The molecule has 0 aliphatic heterocycles. The highest BCUT2D eigenvalue weighted by Crippen LogP contribution is 2.31. The molecule has 0 bridgehead atoms. The molecule has 0 amide bonds. The molecule has 0 N–H and O–H groups in total. The third kappa shape index (κ3) is 2.75. The Morgan fingerprint density at radius 2 is 2.06 bits per heavy atom. The van der Waals surface area contributed by atoms with Gasteiger partial charge in [0.25, 0.3) is 0 Å². The highest BCUT2D eigenvalue weighted by molar-refractivity contribution is 7.97. The van der Waals surface area contributed by atoms with E-state index < -0.39 is 0 Å². The van der Waals surface area contributed by atoms with Crippen LogP contribution in [0.15, 0.2) is 30.3 Å². The van der Waals surface area contributed by atoms with Gasteiger partial charge in [0.1, 0.15) is 15.4 Å². The molecule has 1 aromatic heterocycles. The second kappa shape index (κ2) is 5.66. The molecule has 2 nitrogen and oxygen atoms in total. The molecule has 1 unspecified atom stereocenters. The predicted octanol–water partition coefficient (Wildman–Crippen LogP) is 3.73. The quantitative estimate of drug-likeness (QED) is 0.792. The van der Waals surface area contributed by atoms with Crippen molar-refractivity contribution in [3.8, 4) is 0 Å². The lowest BCUT2D eigenvalue weighted by molar-refractivity contribution is 0.964. The van der Waals surface area contributed by atoms with Crippen LogP contribution in [0.1, 0.15) is 21.0 Å². The molecule has 1 heterocycles. The lowest BCUT2D eigenvalue weighted by atomic mass is 10.1. The Morgan fingerprint density at radius 3 is 2.75 bits per heavy atom. The topological polar surface area (TPSA) is 25.8 Å². The number of rotatable bonds is 4. The normalized spacial score (nSPS) is 12.6. The van der Waals surface area contributed by atoms with Crippen LogP contribution in [0.5, 0.6) is 0 Å². The Morgan fingerprint density at radius 1 is 1.31 bits per heavy atom. The monoisotopic (exact) mass is 270 g/mol. The molecule has 1 aromatic carbocycles. The summed E-state index contributed by atoms with van der Waals surface area (Å²) in [4.78, 5) is 0. The largest absolute Gasteiger partial charge is 0.158 e. The van der Waals surface area contributed by atoms with Crippen molar-refractivity contribution < 1.29 is 0 Å². The van der Waals surface area contributed by atoms with Crippen LogP contribution in [0.4, 0.5) is 0 Å². The first-order valence-corrected chi connectivity index (χ1v) is 7.46. The van der Waals surface area contributed by atoms with Gasteiger partial charge in [-0.3, -0.25) is 0 Å². The number of nitrogens with zero attached hydrogens (tertiary/aromatic N) is 2. The van der Waals surface area contributed by atoms with Gasteiger partial charge < -0.3 is 0 Å². The molecule has 0 spiro atoms. The van der Waals surface area contributed by atoms with Crippen molar-refractivity contribution in [3.63, 3.8) is 0 Å². The molecule has 5 heteroatoms. The van der Waals surface area contributed by atoms with Crippen molar-refractivity contribution >= 4 is 34.7 Å². The maximum Gasteiger partial charge on any atom is 0.139 e. The number of benzene rings is 1. The van der Waals surface area contributed by atoms with Crippen LogP contribution in [0.2, 0.25) is 0 Å². The summed E-state index contributed by atoms with van der Waals surface area (Å²) < 4.78 is 0. The van der Waals surface area contributed by atoms with Crippen molar-refractivity contribution in [3.05, 3.63) is 45.9 Å². The van der Waals surface area contributed by atoms with Crippen LogP contribution in [0, 0.1) is 0 Å². The van der Waals surface area contributed by atoms with Crippen LogP contribution in [-0.2, 0) is 5.75 Å². The molecule has 0 aliphatic rings. The highest BCUT2D eigenvalue weighted by Gasteiger charge is 2.15. The first-order chi connectivity index (χ1) is 7.81. The SMILES string of the molecule is CSCc1nnc(C(Cl)c2ccccc2)s1. The standard InChI is InChI=1S/C11H11ClN2S2/c1-15-7-9-13-14-11(16-9)10(12)8-5-3-2-4-6-8/h2-6,10H,7H2,1H3. The molecule has 0 radical (unpaired) electrons. The van der Waals surface area contributed by atoms with Crippen LogP contribution >= 0.6 is 34.7 Å². The van der Waals surface area contributed by atoms with Gasteiger partial charge in [-0.2, -0.15) is 11.8 Å². The van der Waals surface area contributed by atoms with E-state index in [1.54, 1.807) is 23.1 Å². The zero-order chi connectivity index (χ0) is 11.4. The fourth-order valence-corrected chi connectivity index (χ4v) is 3.18. The summed E-state index contributed by atoms with van der Waals surface area (Å²) in [5.74, 6) is 0.899. The summed E-state index contributed by atoms with van der Waals surface area (Å²) in [5.41, 5.74) is 1.07. The predicted molar refractivity (Wildman–Crippen MR) is 71.3 cm³/mol. The summed E-state index contributed by atoms with van der Waals surface area (Å²) in [6.45, 7) is 0. The second-order valence-corrected chi connectivity index (χ2v) is 5.64. The third-order valence-electron chi connectivity index (χ3n) is 2.06. The van der Waals surface area contributed by atoms with Gasteiger partial charge in [-0.25, -0.2) is 0 Å². The Bertz CT molecular complexity index is 444. The fraction of sp³-hybridized carbons (Fsp3) is 0.273. The Kier molecular flexibility index (Phi) is 4.21. The minimum absolute atomic E-state index is 0.186. The second-order valence-electron chi connectivity index (χ2n) is 3.24. The number of hydrogen-bond acceptors (Lipinski definition) is 4. The zero-order valence-electron chi connectivity index (χ0n) is 8.76. The maximum atomic E-state index is 6.35. The van der Waals surface area contributed by atoms with Gasteiger partial charge >= 0.3 is 0 Å². The van der Waals surface area contributed by atoms with E-state index in [2.05, 4.69) is 16.5 Å². The molecule has 1 atom stereocenters. The third-order valence-corrected chi connectivity index (χ3v) is 4.38.